The molecule has 2 fully saturated rings. The van der Waals surface area contributed by atoms with Crippen molar-refractivity contribution in [1.29, 1.82) is 0 Å². The van der Waals surface area contributed by atoms with Crippen LogP contribution in [0.25, 0.3) is 0 Å². The van der Waals surface area contributed by atoms with E-state index in [1.54, 1.807) is 0 Å². The molecule has 1 aromatic rings. The number of benzene rings is 1. The molecule has 5 heteroatoms. The molecule has 0 unspecified atom stereocenters. The van der Waals surface area contributed by atoms with E-state index in [1.807, 2.05) is 11.0 Å². The van der Waals surface area contributed by atoms with E-state index in [0.29, 0.717) is 11.8 Å². The number of nitrogens with one attached hydrogen (secondary N) is 1. The zero-order valence-corrected chi connectivity index (χ0v) is 15.4. The molecule has 0 aliphatic carbocycles. The van der Waals surface area contributed by atoms with Gasteiger partial charge >= 0.3 is 0 Å². The highest BCUT2D eigenvalue weighted by Crippen LogP contribution is 2.28. The third kappa shape index (κ3) is 5.19. The van der Waals surface area contributed by atoms with Gasteiger partial charge in [-0.1, -0.05) is 25.1 Å². The van der Waals surface area contributed by atoms with E-state index in [1.165, 1.54) is 5.69 Å². The minimum absolute atomic E-state index is 0.275. The number of rotatable bonds is 6. The molecule has 0 saturated carbocycles. The lowest BCUT2D eigenvalue weighted by atomic mass is 9.82. The number of carbonyl (C=O) groups excluding carboxylic acids is 1. The first kappa shape index (κ1) is 18.2. The van der Waals surface area contributed by atoms with Crippen LogP contribution in [0.2, 0.25) is 0 Å². The summed E-state index contributed by atoms with van der Waals surface area (Å²) in [5, 5.41) is 3.49. The van der Waals surface area contributed by atoms with Crippen LogP contribution in [0.3, 0.4) is 0 Å². The minimum Gasteiger partial charge on any atom is -0.381 e. The Labute approximate surface area is 151 Å². The topological polar surface area (TPSA) is 44.8 Å². The van der Waals surface area contributed by atoms with Gasteiger partial charge in [-0.15, -0.1) is 0 Å². The fourth-order valence-electron chi connectivity index (χ4n) is 3.64. The van der Waals surface area contributed by atoms with Gasteiger partial charge in [0.25, 0.3) is 0 Å². The zero-order chi connectivity index (χ0) is 17.5. The molecule has 0 bridgehead atoms. The van der Waals surface area contributed by atoms with Crippen molar-refractivity contribution in [2.45, 2.75) is 26.2 Å². The molecule has 0 aromatic heterocycles. The fourth-order valence-corrected chi connectivity index (χ4v) is 3.64. The molecule has 2 aliphatic heterocycles. The molecule has 2 heterocycles. The zero-order valence-electron chi connectivity index (χ0n) is 15.4. The van der Waals surface area contributed by atoms with Crippen LogP contribution in [0.5, 0.6) is 0 Å². The number of nitrogens with zero attached hydrogens (tertiary/aromatic N) is 2. The second-order valence-electron chi connectivity index (χ2n) is 7.55. The van der Waals surface area contributed by atoms with Crippen LogP contribution in [-0.4, -0.2) is 63.3 Å². The van der Waals surface area contributed by atoms with E-state index in [0.717, 1.165) is 65.3 Å². The lowest BCUT2D eigenvalue weighted by Crippen LogP contribution is -2.49. The molecule has 0 atom stereocenters. The summed E-state index contributed by atoms with van der Waals surface area (Å²) in [6, 6.07) is 10.4. The highest BCUT2D eigenvalue weighted by Gasteiger charge is 2.27. The number of piperazine rings is 1. The normalized spacial score (nSPS) is 20.5. The molecular formula is C20H31N3O2. The maximum Gasteiger partial charge on any atom is 0.223 e. The van der Waals surface area contributed by atoms with Gasteiger partial charge < -0.3 is 19.9 Å². The SMILES string of the molecule is CC1(CNCCC(=O)N2CCN(c3ccccc3)CC2)CCOCC1. The molecule has 25 heavy (non-hydrogen) atoms. The molecular weight excluding hydrogens is 314 g/mol. The first-order valence-electron chi connectivity index (χ1n) is 9.53. The van der Waals surface area contributed by atoms with Crippen LogP contribution >= 0.6 is 0 Å². The third-order valence-corrected chi connectivity index (χ3v) is 5.52. The summed E-state index contributed by atoms with van der Waals surface area (Å²) < 4.78 is 5.44. The number of carbonyl (C=O) groups is 1. The van der Waals surface area contributed by atoms with Crippen molar-refractivity contribution in [3.05, 3.63) is 30.3 Å². The van der Waals surface area contributed by atoms with Crippen molar-refractivity contribution in [3.8, 4) is 0 Å². The second kappa shape index (κ2) is 8.68. The summed E-state index contributed by atoms with van der Waals surface area (Å²) in [5.74, 6) is 0.275. The fraction of sp³-hybridized carbons (Fsp3) is 0.650. The summed E-state index contributed by atoms with van der Waals surface area (Å²) in [6.07, 6.45) is 2.81. The van der Waals surface area contributed by atoms with Crippen LogP contribution in [0, 0.1) is 5.41 Å². The number of hydrogen-bond donors (Lipinski definition) is 1. The van der Waals surface area contributed by atoms with Crippen molar-refractivity contribution in [2.24, 2.45) is 5.41 Å². The van der Waals surface area contributed by atoms with E-state index >= 15 is 0 Å². The van der Waals surface area contributed by atoms with Crippen LogP contribution in [0.15, 0.2) is 30.3 Å². The van der Waals surface area contributed by atoms with Crippen LogP contribution in [0.4, 0.5) is 5.69 Å². The molecule has 0 spiro atoms. The summed E-state index contributed by atoms with van der Waals surface area (Å²) in [6.45, 7) is 9.27. The number of para-hydroxylation sites is 1. The van der Waals surface area contributed by atoms with Crippen LogP contribution in [-0.2, 0) is 9.53 Å². The van der Waals surface area contributed by atoms with Crippen molar-refractivity contribution in [3.63, 3.8) is 0 Å². The third-order valence-electron chi connectivity index (χ3n) is 5.52. The Kier molecular flexibility index (Phi) is 6.32. The van der Waals surface area contributed by atoms with Gasteiger partial charge in [0.1, 0.15) is 0 Å². The molecule has 2 aliphatic rings. The average molecular weight is 345 g/mol. The Hall–Kier alpha value is -1.59. The van der Waals surface area contributed by atoms with Crippen molar-refractivity contribution >= 4 is 11.6 Å². The Balaban J connectivity index is 1.34. The number of anilines is 1. The average Bonchev–Trinajstić information content (AvgIpc) is 2.66. The van der Waals surface area contributed by atoms with E-state index in [9.17, 15) is 4.79 Å². The van der Waals surface area contributed by atoms with Crippen molar-refractivity contribution in [1.82, 2.24) is 10.2 Å². The second-order valence-corrected chi connectivity index (χ2v) is 7.55. The first-order valence-corrected chi connectivity index (χ1v) is 9.53. The Morgan fingerprint density at radius 2 is 1.80 bits per heavy atom. The monoisotopic (exact) mass is 345 g/mol. The maximum atomic E-state index is 12.4. The summed E-state index contributed by atoms with van der Waals surface area (Å²) >= 11 is 0. The number of amides is 1. The predicted molar refractivity (Wildman–Crippen MR) is 101 cm³/mol. The minimum atomic E-state index is 0.275. The molecule has 138 valence electrons. The van der Waals surface area contributed by atoms with Crippen molar-refractivity contribution < 1.29 is 9.53 Å². The lowest BCUT2D eigenvalue weighted by Gasteiger charge is -2.36. The molecule has 0 radical (unpaired) electrons. The van der Waals surface area contributed by atoms with Crippen molar-refractivity contribution in [2.75, 3.05) is 57.4 Å². The Bertz CT molecular complexity index is 535. The predicted octanol–water partition coefficient (Wildman–Crippen LogP) is 2.13. The van der Waals surface area contributed by atoms with Crippen LogP contribution in [0.1, 0.15) is 26.2 Å². The molecule has 5 nitrogen and oxygen atoms in total. The van der Waals surface area contributed by atoms with Gasteiger partial charge in [0, 0.05) is 64.6 Å². The standard InChI is InChI=1S/C20H31N3O2/c1-20(8-15-25-16-9-20)17-21-10-7-19(24)23-13-11-22(12-14-23)18-5-3-2-4-6-18/h2-6,21H,7-17H2,1H3. The molecule has 3 rings (SSSR count). The molecule has 1 amide bonds. The van der Waals surface area contributed by atoms with E-state index < -0.39 is 0 Å². The highest BCUT2D eigenvalue weighted by atomic mass is 16.5. The molecule has 1 N–H and O–H groups in total. The van der Waals surface area contributed by atoms with E-state index in [2.05, 4.69) is 41.4 Å². The van der Waals surface area contributed by atoms with Crippen LogP contribution < -0.4 is 10.2 Å². The van der Waals surface area contributed by atoms with Gasteiger partial charge in [0.2, 0.25) is 5.91 Å². The number of hydrogen-bond acceptors (Lipinski definition) is 4. The van der Waals surface area contributed by atoms with Gasteiger partial charge in [0.15, 0.2) is 0 Å². The highest BCUT2D eigenvalue weighted by molar-refractivity contribution is 5.76. The first-order chi connectivity index (χ1) is 12.2. The van der Waals surface area contributed by atoms with Gasteiger partial charge in [-0.25, -0.2) is 0 Å². The van der Waals surface area contributed by atoms with E-state index in [4.69, 9.17) is 4.74 Å². The summed E-state index contributed by atoms with van der Waals surface area (Å²) in [5.41, 5.74) is 1.57. The largest absolute Gasteiger partial charge is 0.381 e. The van der Waals surface area contributed by atoms with Gasteiger partial charge in [-0.3, -0.25) is 4.79 Å². The lowest BCUT2D eigenvalue weighted by molar-refractivity contribution is -0.131. The summed E-state index contributed by atoms with van der Waals surface area (Å²) in [7, 11) is 0. The van der Waals surface area contributed by atoms with Gasteiger partial charge in [0.05, 0.1) is 0 Å². The smallest absolute Gasteiger partial charge is 0.223 e. The Morgan fingerprint density at radius 1 is 1.12 bits per heavy atom. The van der Waals surface area contributed by atoms with E-state index in [-0.39, 0.29) is 5.91 Å². The van der Waals surface area contributed by atoms with Gasteiger partial charge in [-0.05, 0) is 30.4 Å². The summed E-state index contributed by atoms with van der Waals surface area (Å²) in [4.78, 5) is 16.8. The maximum absolute atomic E-state index is 12.4. The molecule has 1 aromatic carbocycles. The van der Waals surface area contributed by atoms with Gasteiger partial charge in [-0.2, -0.15) is 0 Å². The number of ether oxygens (including phenoxy) is 1. The Morgan fingerprint density at radius 3 is 2.48 bits per heavy atom. The molecule has 2 saturated heterocycles. The quantitative estimate of drug-likeness (QED) is 0.803.